The minimum Gasteiger partial charge on any atom is -0.481 e. The molecule has 0 amide bonds. The van der Waals surface area contributed by atoms with Crippen molar-refractivity contribution in [1.29, 1.82) is 0 Å². The minimum atomic E-state index is -0.879. The summed E-state index contributed by atoms with van der Waals surface area (Å²) < 4.78 is 0. The number of H-pyrrole nitrogens is 1. The zero-order valence-corrected chi connectivity index (χ0v) is 8.42. The molecule has 0 aliphatic carbocycles. The summed E-state index contributed by atoms with van der Waals surface area (Å²) in [6.45, 7) is 0.261. The van der Waals surface area contributed by atoms with Gasteiger partial charge in [0.1, 0.15) is 5.52 Å². The van der Waals surface area contributed by atoms with Crippen LogP contribution < -0.4 is 5.73 Å². The van der Waals surface area contributed by atoms with Crippen molar-refractivity contribution in [1.82, 2.24) is 20.4 Å². The topological polar surface area (TPSA) is 118 Å². The lowest BCUT2D eigenvalue weighted by atomic mass is 9.97. The quantitative estimate of drug-likeness (QED) is 0.661. The first kappa shape index (κ1) is 10.5. The first-order valence-electron chi connectivity index (χ1n) is 4.79. The predicted octanol–water partition coefficient (Wildman–Crippen LogP) is -0.130. The van der Waals surface area contributed by atoms with E-state index in [1.165, 1.54) is 0 Å². The van der Waals surface area contributed by atoms with Crippen LogP contribution in [0.5, 0.6) is 0 Å². The van der Waals surface area contributed by atoms with Crippen LogP contribution in [0.25, 0.3) is 11.2 Å². The van der Waals surface area contributed by atoms with E-state index in [0.29, 0.717) is 11.2 Å². The maximum Gasteiger partial charge on any atom is 0.304 e. The molecule has 0 radical (unpaired) electrons. The third-order valence-electron chi connectivity index (χ3n) is 2.37. The molecule has 7 heteroatoms. The molecule has 4 N–H and O–H groups in total. The number of carbonyl (C=O) groups is 1. The second kappa shape index (κ2) is 4.23. The molecule has 0 bridgehead atoms. The molecular weight excluding hydrogens is 210 g/mol. The van der Waals surface area contributed by atoms with E-state index in [4.69, 9.17) is 10.8 Å². The maximum absolute atomic E-state index is 10.6. The van der Waals surface area contributed by atoms with Gasteiger partial charge in [-0.15, -0.1) is 5.10 Å². The zero-order valence-electron chi connectivity index (χ0n) is 8.42. The van der Waals surface area contributed by atoms with Crippen molar-refractivity contribution in [3.63, 3.8) is 0 Å². The van der Waals surface area contributed by atoms with E-state index in [1.54, 1.807) is 12.3 Å². The number of pyridine rings is 1. The lowest BCUT2D eigenvalue weighted by Gasteiger charge is -2.11. The molecular formula is C9H11N5O2. The molecule has 16 heavy (non-hydrogen) atoms. The van der Waals surface area contributed by atoms with Gasteiger partial charge < -0.3 is 10.8 Å². The highest BCUT2D eigenvalue weighted by Gasteiger charge is 2.15. The molecule has 1 atom stereocenters. The second-order valence-electron chi connectivity index (χ2n) is 3.47. The van der Waals surface area contributed by atoms with Crippen LogP contribution in [0, 0.1) is 0 Å². The molecule has 0 aliphatic rings. The molecule has 0 saturated heterocycles. The van der Waals surface area contributed by atoms with Gasteiger partial charge in [-0.25, -0.2) is 4.98 Å². The fraction of sp³-hybridized carbons (Fsp3) is 0.333. The van der Waals surface area contributed by atoms with Crippen LogP contribution in [0.2, 0.25) is 0 Å². The second-order valence-corrected chi connectivity index (χ2v) is 3.47. The van der Waals surface area contributed by atoms with Gasteiger partial charge >= 0.3 is 5.97 Å². The average molecular weight is 221 g/mol. The number of nitrogens with one attached hydrogen (secondary N) is 1. The smallest absolute Gasteiger partial charge is 0.304 e. The number of hydrogen-bond acceptors (Lipinski definition) is 5. The van der Waals surface area contributed by atoms with Gasteiger partial charge in [0, 0.05) is 12.1 Å². The van der Waals surface area contributed by atoms with Crippen molar-refractivity contribution in [3.8, 4) is 0 Å². The van der Waals surface area contributed by atoms with Crippen molar-refractivity contribution < 1.29 is 9.90 Å². The van der Waals surface area contributed by atoms with E-state index in [2.05, 4.69) is 20.4 Å². The number of nitrogens with zero attached hydrogens (tertiary/aromatic N) is 3. The van der Waals surface area contributed by atoms with Gasteiger partial charge in [0.25, 0.3) is 0 Å². The van der Waals surface area contributed by atoms with Crippen LogP contribution in [0.1, 0.15) is 17.9 Å². The first-order chi connectivity index (χ1) is 7.70. The van der Waals surface area contributed by atoms with Gasteiger partial charge in [0.2, 0.25) is 5.65 Å². The SMILES string of the molecule is NCC(CC(=O)O)c1cnc2n[nH]nc2c1. The molecule has 0 spiro atoms. The number of rotatable bonds is 4. The maximum atomic E-state index is 10.6. The summed E-state index contributed by atoms with van der Waals surface area (Å²) in [5, 5.41) is 18.9. The normalized spacial score (nSPS) is 12.8. The van der Waals surface area contributed by atoms with Gasteiger partial charge in [0.05, 0.1) is 6.42 Å². The largest absolute Gasteiger partial charge is 0.481 e. The Morgan fingerprint density at radius 1 is 1.56 bits per heavy atom. The van der Waals surface area contributed by atoms with Crippen molar-refractivity contribution in [2.45, 2.75) is 12.3 Å². The molecule has 7 nitrogen and oxygen atoms in total. The molecule has 2 aromatic heterocycles. The highest BCUT2D eigenvalue weighted by molar-refractivity contribution is 5.71. The molecule has 2 rings (SSSR count). The Morgan fingerprint density at radius 2 is 2.38 bits per heavy atom. The van der Waals surface area contributed by atoms with Crippen LogP contribution >= 0.6 is 0 Å². The van der Waals surface area contributed by atoms with Crippen LogP contribution in [0.3, 0.4) is 0 Å². The third kappa shape index (κ3) is 1.98. The van der Waals surface area contributed by atoms with Gasteiger partial charge in [-0.2, -0.15) is 10.3 Å². The van der Waals surface area contributed by atoms with Crippen LogP contribution in [0.15, 0.2) is 12.3 Å². The Hall–Kier alpha value is -2.02. The van der Waals surface area contributed by atoms with E-state index in [0.717, 1.165) is 5.56 Å². The molecule has 1 unspecified atom stereocenters. The summed E-state index contributed by atoms with van der Waals surface area (Å²) in [7, 11) is 0. The number of aliphatic carboxylic acids is 1. The van der Waals surface area contributed by atoms with E-state index in [-0.39, 0.29) is 18.9 Å². The highest BCUT2D eigenvalue weighted by atomic mass is 16.4. The first-order valence-corrected chi connectivity index (χ1v) is 4.79. The Kier molecular flexibility index (Phi) is 2.78. The predicted molar refractivity (Wildman–Crippen MR) is 55.7 cm³/mol. The number of nitrogens with two attached hydrogens (primary N) is 1. The van der Waals surface area contributed by atoms with E-state index in [9.17, 15) is 4.79 Å². The van der Waals surface area contributed by atoms with Crippen molar-refractivity contribution >= 4 is 17.1 Å². The third-order valence-corrected chi connectivity index (χ3v) is 2.37. The number of hydrogen-bond donors (Lipinski definition) is 3. The number of fused-ring (bicyclic) bond motifs is 1. The number of aromatic amines is 1. The van der Waals surface area contributed by atoms with Crippen molar-refractivity contribution in [3.05, 3.63) is 17.8 Å². The number of carboxylic acid groups (broad SMARTS) is 1. The zero-order chi connectivity index (χ0) is 11.5. The average Bonchev–Trinajstić information content (AvgIpc) is 2.72. The molecule has 0 fully saturated rings. The molecule has 2 aromatic rings. The summed E-state index contributed by atoms with van der Waals surface area (Å²) in [5.41, 5.74) is 7.43. The molecule has 0 aliphatic heterocycles. The van der Waals surface area contributed by atoms with Crippen LogP contribution in [-0.2, 0) is 4.79 Å². The lowest BCUT2D eigenvalue weighted by Crippen LogP contribution is -2.16. The summed E-state index contributed by atoms with van der Waals surface area (Å²) in [4.78, 5) is 14.7. The number of aromatic nitrogens is 4. The summed E-state index contributed by atoms with van der Waals surface area (Å²) in [5.74, 6) is -1.12. The summed E-state index contributed by atoms with van der Waals surface area (Å²) >= 11 is 0. The van der Waals surface area contributed by atoms with Gasteiger partial charge in [-0.3, -0.25) is 4.79 Å². The fourth-order valence-corrected chi connectivity index (χ4v) is 1.53. The fourth-order valence-electron chi connectivity index (χ4n) is 1.53. The lowest BCUT2D eigenvalue weighted by molar-refractivity contribution is -0.137. The van der Waals surface area contributed by atoms with E-state index < -0.39 is 5.97 Å². The Labute approximate surface area is 90.7 Å². The van der Waals surface area contributed by atoms with Gasteiger partial charge in [-0.1, -0.05) is 0 Å². The van der Waals surface area contributed by atoms with Gasteiger partial charge in [-0.05, 0) is 18.2 Å². The summed E-state index contributed by atoms with van der Waals surface area (Å²) in [6.07, 6.45) is 1.58. The van der Waals surface area contributed by atoms with E-state index >= 15 is 0 Å². The summed E-state index contributed by atoms with van der Waals surface area (Å²) in [6, 6.07) is 1.76. The standard InChI is InChI=1S/C9H11N5O2/c10-3-5(2-8(15)16)6-1-7-9(11-4-6)13-14-12-7/h1,4-5H,2-3,10H2,(H,15,16)(H,11,12,13,14). The molecule has 84 valence electrons. The monoisotopic (exact) mass is 221 g/mol. The molecule has 2 heterocycles. The number of carboxylic acids is 1. The van der Waals surface area contributed by atoms with Crippen molar-refractivity contribution in [2.24, 2.45) is 5.73 Å². The van der Waals surface area contributed by atoms with Crippen LogP contribution in [-0.4, -0.2) is 38.0 Å². The molecule has 0 aromatic carbocycles. The van der Waals surface area contributed by atoms with Gasteiger partial charge in [0.15, 0.2) is 0 Å². The van der Waals surface area contributed by atoms with Crippen molar-refractivity contribution in [2.75, 3.05) is 6.54 Å². The molecule has 0 saturated carbocycles. The Bertz CT molecular complexity index is 509. The Balaban J connectivity index is 2.32. The Morgan fingerprint density at radius 3 is 3.06 bits per heavy atom. The highest BCUT2D eigenvalue weighted by Crippen LogP contribution is 2.19. The van der Waals surface area contributed by atoms with Crippen LogP contribution in [0.4, 0.5) is 0 Å². The minimum absolute atomic E-state index is 0.0124. The van der Waals surface area contributed by atoms with E-state index in [1.807, 2.05) is 0 Å².